The van der Waals surface area contributed by atoms with E-state index in [1.807, 2.05) is 6.07 Å². The lowest BCUT2D eigenvalue weighted by Gasteiger charge is -2.27. The number of rotatable bonds is 4. The number of nitrogens with one attached hydrogen (secondary N) is 1. The quantitative estimate of drug-likeness (QED) is 0.803. The number of carbonyl (C=O) groups is 2. The molecule has 19 heavy (non-hydrogen) atoms. The molecule has 1 aliphatic carbocycles. The van der Waals surface area contributed by atoms with Crippen molar-refractivity contribution in [2.45, 2.75) is 31.7 Å². The van der Waals surface area contributed by atoms with E-state index in [1.165, 1.54) is 0 Å². The van der Waals surface area contributed by atoms with Crippen molar-refractivity contribution in [1.29, 1.82) is 0 Å². The summed E-state index contributed by atoms with van der Waals surface area (Å²) in [6.45, 7) is 0. The molecule has 2 rings (SSSR count). The maximum Gasteiger partial charge on any atom is 0.356 e. The van der Waals surface area contributed by atoms with E-state index >= 15 is 0 Å². The summed E-state index contributed by atoms with van der Waals surface area (Å²) < 4.78 is 0. The van der Waals surface area contributed by atoms with Crippen molar-refractivity contribution in [3.8, 4) is 0 Å². The number of nitrogens with two attached hydrogens (primary N) is 1. The van der Waals surface area contributed by atoms with E-state index in [2.05, 4.69) is 5.48 Å². The van der Waals surface area contributed by atoms with Crippen molar-refractivity contribution in [2.75, 3.05) is 0 Å². The average Bonchev–Trinajstić information content (AvgIpc) is 2.46. The minimum Gasteiger partial charge on any atom is -0.369 e. The molecule has 1 amide bonds. The van der Waals surface area contributed by atoms with Gasteiger partial charge in [0.1, 0.15) is 0 Å². The van der Waals surface area contributed by atoms with Crippen molar-refractivity contribution in [3.63, 3.8) is 0 Å². The summed E-state index contributed by atoms with van der Waals surface area (Å²) in [7, 11) is 0. The first-order valence-corrected chi connectivity index (χ1v) is 6.48. The van der Waals surface area contributed by atoms with E-state index in [0.717, 1.165) is 19.3 Å². The summed E-state index contributed by atoms with van der Waals surface area (Å²) in [5.41, 5.74) is 8.55. The molecule has 0 spiro atoms. The number of carbonyl (C=O) groups excluding carboxylic acids is 2. The molecule has 0 radical (unpaired) electrons. The van der Waals surface area contributed by atoms with E-state index in [9.17, 15) is 9.59 Å². The molecule has 1 saturated carbocycles. The van der Waals surface area contributed by atoms with Crippen molar-refractivity contribution in [3.05, 3.63) is 35.9 Å². The van der Waals surface area contributed by atoms with Crippen LogP contribution in [-0.2, 0) is 9.63 Å². The lowest BCUT2D eigenvalue weighted by molar-refractivity contribution is -0.123. The summed E-state index contributed by atoms with van der Waals surface area (Å²) in [5, 5.41) is 0. The van der Waals surface area contributed by atoms with Gasteiger partial charge >= 0.3 is 5.97 Å². The molecule has 0 heterocycles. The van der Waals surface area contributed by atoms with Crippen LogP contribution in [0.4, 0.5) is 0 Å². The van der Waals surface area contributed by atoms with Crippen molar-refractivity contribution < 1.29 is 14.4 Å². The highest BCUT2D eigenvalue weighted by Crippen LogP contribution is 2.23. The molecule has 1 aromatic carbocycles. The second kappa shape index (κ2) is 6.33. The van der Waals surface area contributed by atoms with Gasteiger partial charge in [0.25, 0.3) is 0 Å². The summed E-state index contributed by atoms with van der Waals surface area (Å²) >= 11 is 0. The Balaban J connectivity index is 1.82. The molecule has 1 aromatic rings. The van der Waals surface area contributed by atoms with Crippen LogP contribution in [0, 0.1) is 5.92 Å². The molecule has 0 aliphatic heterocycles. The minimum atomic E-state index is -0.415. The SMILES string of the molecule is NC(=O)[C@@H]1CCC[C@H](NOC(=O)c2ccccc2)C1. The summed E-state index contributed by atoms with van der Waals surface area (Å²) in [5.74, 6) is -0.815. The van der Waals surface area contributed by atoms with Gasteiger partial charge in [0.2, 0.25) is 5.91 Å². The maximum absolute atomic E-state index is 11.7. The first-order valence-electron chi connectivity index (χ1n) is 6.48. The van der Waals surface area contributed by atoms with E-state index in [1.54, 1.807) is 24.3 Å². The van der Waals surface area contributed by atoms with Gasteiger partial charge in [0.05, 0.1) is 5.56 Å². The number of primary amides is 1. The molecule has 5 heteroatoms. The van der Waals surface area contributed by atoms with E-state index < -0.39 is 5.97 Å². The number of amides is 1. The van der Waals surface area contributed by atoms with Crippen LogP contribution in [0.15, 0.2) is 30.3 Å². The van der Waals surface area contributed by atoms with Gasteiger partial charge in [-0.05, 0) is 31.4 Å². The molecule has 2 atom stereocenters. The van der Waals surface area contributed by atoms with E-state index in [0.29, 0.717) is 12.0 Å². The van der Waals surface area contributed by atoms with E-state index in [4.69, 9.17) is 10.6 Å². The Morgan fingerprint density at radius 1 is 1.21 bits per heavy atom. The number of hydrogen-bond acceptors (Lipinski definition) is 4. The summed E-state index contributed by atoms with van der Waals surface area (Å²) in [6.07, 6.45) is 3.23. The number of benzene rings is 1. The van der Waals surface area contributed by atoms with E-state index in [-0.39, 0.29) is 17.9 Å². The largest absolute Gasteiger partial charge is 0.369 e. The summed E-state index contributed by atoms with van der Waals surface area (Å²) in [4.78, 5) is 27.9. The van der Waals surface area contributed by atoms with Crippen LogP contribution in [-0.4, -0.2) is 17.9 Å². The molecular formula is C14H18N2O3. The molecule has 0 bridgehead atoms. The number of hydroxylamine groups is 1. The normalized spacial score (nSPS) is 22.7. The van der Waals surface area contributed by atoms with Gasteiger partial charge in [-0.3, -0.25) is 4.79 Å². The standard InChI is InChI=1S/C14H18N2O3/c15-13(17)11-7-4-8-12(9-11)16-19-14(18)10-5-2-1-3-6-10/h1-3,5-6,11-12,16H,4,7-9H2,(H2,15,17)/t11-,12+/m1/s1. The predicted octanol–water partition coefficient (Wildman–Crippen LogP) is 1.39. The van der Waals surface area contributed by atoms with Gasteiger partial charge in [-0.2, -0.15) is 0 Å². The zero-order valence-corrected chi connectivity index (χ0v) is 10.7. The fourth-order valence-corrected chi connectivity index (χ4v) is 2.33. The van der Waals surface area contributed by atoms with Gasteiger partial charge in [-0.25, -0.2) is 4.79 Å². The molecule has 3 N–H and O–H groups in total. The maximum atomic E-state index is 11.7. The molecule has 0 aromatic heterocycles. The lowest BCUT2D eigenvalue weighted by Crippen LogP contribution is -2.39. The van der Waals surface area contributed by atoms with Crippen LogP contribution in [0.3, 0.4) is 0 Å². The fraction of sp³-hybridized carbons (Fsp3) is 0.429. The Morgan fingerprint density at radius 2 is 1.95 bits per heavy atom. The topological polar surface area (TPSA) is 81.4 Å². The molecule has 1 aliphatic rings. The van der Waals surface area contributed by atoms with Crippen LogP contribution in [0.2, 0.25) is 0 Å². The predicted molar refractivity (Wildman–Crippen MR) is 69.9 cm³/mol. The highest BCUT2D eigenvalue weighted by atomic mass is 16.7. The second-order valence-electron chi connectivity index (χ2n) is 4.84. The van der Waals surface area contributed by atoms with Crippen molar-refractivity contribution in [1.82, 2.24) is 5.48 Å². The lowest BCUT2D eigenvalue weighted by atomic mass is 9.86. The van der Waals surface area contributed by atoms with Crippen LogP contribution in [0.5, 0.6) is 0 Å². The Morgan fingerprint density at radius 3 is 2.63 bits per heavy atom. The smallest absolute Gasteiger partial charge is 0.356 e. The minimum absolute atomic E-state index is 0.00101. The Hall–Kier alpha value is -1.88. The third-order valence-corrected chi connectivity index (χ3v) is 3.40. The third kappa shape index (κ3) is 3.79. The molecule has 102 valence electrons. The van der Waals surface area contributed by atoms with Gasteiger partial charge in [0, 0.05) is 12.0 Å². The van der Waals surface area contributed by atoms with Crippen LogP contribution < -0.4 is 11.2 Å². The van der Waals surface area contributed by atoms with Gasteiger partial charge < -0.3 is 10.6 Å². The first kappa shape index (κ1) is 13.5. The Labute approximate surface area is 112 Å². The fourth-order valence-electron chi connectivity index (χ4n) is 2.33. The van der Waals surface area contributed by atoms with Gasteiger partial charge in [-0.1, -0.05) is 24.6 Å². The molecule has 0 saturated heterocycles. The zero-order chi connectivity index (χ0) is 13.7. The van der Waals surface area contributed by atoms with Crippen LogP contribution in [0.1, 0.15) is 36.0 Å². The van der Waals surface area contributed by atoms with Crippen LogP contribution >= 0.6 is 0 Å². The highest BCUT2D eigenvalue weighted by molar-refractivity contribution is 5.89. The first-order chi connectivity index (χ1) is 9.16. The average molecular weight is 262 g/mol. The Kier molecular flexibility index (Phi) is 4.52. The second-order valence-corrected chi connectivity index (χ2v) is 4.84. The van der Waals surface area contributed by atoms with Crippen molar-refractivity contribution in [2.24, 2.45) is 11.7 Å². The Bertz CT molecular complexity index is 447. The van der Waals surface area contributed by atoms with Gasteiger partial charge in [-0.15, -0.1) is 5.48 Å². The summed E-state index contributed by atoms with van der Waals surface area (Å²) in [6, 6.07) is 8.77. The van der Waals surface area contributed by atoms with Crippen molar-refractivity contribution >= 4 is 11.9 Å². The monoisotopic (exact) mass is 262 g/mol. The molecule has 5 nitrogen and oxygen atoms in total. The third-order valence-electron chi connectivity index (χ3n) is 3.40. The van der Waals surface area contributed by atoms with Gasteiger partial charge in [0.15, 0.2) is 0 Å². The molecular weight excluding hydrogens is 244 g/mol. The number of hydrogen-bond donors (Lipinski definition) is 2. The zero-order valence-electron chi connectivity index (χ0n) is 10.7. The van der Waals surface area contributed by atoms with Crippen LogP contribution in [0.25, 0.3) is 0 Å². The molecule has 1 fully saturated rings. The highest BCUT2D eigenvalue weighted by Gasteiger charge is 2.26. The molecule has 0 unspecified atom stereocenters.